The molecule has 0 bridgehead atoms. The van der Waals surface area contributed by atoms with E-state index in [0.717, 1.165) is 23.4 Å². The molecule has 1 aromatic rings. The van der Waals surface area contributed by atoms with E-state index in [1.54, 1.807) is 12.1 Å². The number of allylic oxidation sites excluding steroid dienone is 1. The van der Waals surface area contributed by atoms with Crippen molar-refractivity contribution in [3.05, 3.63) is 40.4 Å². The molecule has 0 saturated carbocycles. The van der Waals surface area contributed by atoms with Crippen LogP contribution in [0.5, 0.6) is 0 Å². The predicted molar refractivity (Wildman–Crippen MR) is 75.8 cm³/mol. The van der Waals surface area contributed by atoms with Crippen molar-refractivity contribution in [2.45, 2.75) is 32.6 Å². The molecule has 0 radical (unpaired) electrons. The molecule has 0 aliphatic carbocycles. The lowest BCUT2D eigenvalue weighted by Crippen LogP contribution is -2.00. The molecule has 0 aromatic heterocycles. The fraction of sp³-hybridized carbons (Fsp3) is 0.400. The van der Waals surface area contributed by atoms with Gasteiger partial charge in [0.1, 0.15) is 0 Å². The third kappa shape index (κ3) is 4.92. The van der Waals surface area contributed by atoms with Gasteiger partial charge in [-0.1, -0.05) is 43.5 Å². The van der Waals surface area contributed by atoms with Crippen LogP contribution in [0.15, 0.2) is 29.3 Å². The van der Waals surface area contributed by atoms with Gasteiger partial charge in [0.25, 0.3) is 0 Å². The van der Waals surface area contributed by atoms with Crippen molar-refractivity contribution in [3.63, 3.8) is 0 Å². The Kier molecular flexibility index (Phi) is 6.51. The Morgan fingerprint density at radius 1 is 1.28 bits per heavy atom. The Morgan fingerprint density at radius 3 is 2.50 bits per heavy atom. The highest BCUT2D eigenvalue weighted by atomic mass is 35.5. The second-order valence-electron chi connectivity index (χ2n) is 4.16. The first-order valence-electron chi connectivity index (χ1n) is 6.21. The van der Waals surface area contributed by atoms with E-state index in [0.29, 0.717) is 5.56 Å². The minimum atomic E-state index is -0.320. The smallest absolute Gasteiger partial charge is 0.337 e. The van der Waals surface area contributed by atoms with Crippen molar-refractivity contribution in [1.82, 2.24) is 0 Å². The van der Waals surface area contributed by atoms with Crippen LogP contribution in [0.1, 0.15) is 48.5 Å². The first-order chi connectivity index (χ1) is 8.67. The lowest BCUT2D eigenvalue weighted by molar-refractivity contribution is 0.0601. The summed E-state index contributed by atoms with van der Waals surface area (Å²) < 4.78 is 4.64. The van der Waals surface area contributed by atoms with Crippen LogP contribution >= 0.6 is 11.6 Å². The molecule has 2 nitrogen and oxygen atoms in total. The van der Waals surface area contributed by atoms with E-state index in [4.69, 9.17) is 11.6 Å². The van der Waals surface area contributed by atoms with Crippen LogP contribution < -0.4 is 0 Å². The Labute approximate surface area is 114 Å². The number of unbranched alkanes of at least 4 members (excludes halogenated alkanes) is 2. The minimum Gasteiger partial charge on any atom is -0.465 e. The van der Waals surface area contributed by atoms with Crippen molar-refractivity contribution >= 4 is 23.6 Å². The largest absolute Gasteiger partial charge is 0.465 e. The quantitative estimate of drug-likeness (QED) is 0.554. The first-order valence-corrected chi connectivity index (χ1v) is 6.59. The molecule has 0 aliphatic rings. The van der Waals surface area contributed by atoms with Gasteiger partial charge >= 0.3 is 5.97 Å². The number of ether oxygens (including phenoxy) is 1. The van der Waals surface area contributed by atoms with Gasteiger partial charge in [-0.2, -0.15) is 0 Å². The number of hydrogen-bond acceptors (Lipinski definition) is 2. The highest BCUT2D eigenvalue weighted by Crippen LogP contribution is 2.17. The lowest BCUT2D eigenvalue weighted by Gasteiger charge is -2.01. The minimum absolute atomic E-state index is 0.320. The fourth-order valence-electron chi connectivity index (χ4n) is 1.63. The molecule has 0 aliphatic heterocycles. The first kappa shape index (κ1) is 14.8. The average molecular weight is 267 g/mol. The van der Waals surface area contributed by atoms with Crippen LogP contribution in [-0.2, 0) is 4.74 Å². The molecule has 0 N–H and O–H groups in total. The molecular weight excluding hydrogens is 248 g/mol. The molecule has 3 heteroatoms. The van der Waals surface area contributed by atoms with E-state index in [-0.39, 0.29) is 5.97 Å². The van der Waals surface area contributed by atoms with Gasteiger partial charge in [0, 0.05) is 5.03 Å². The van der Waals surface area contributed by atoms with Crippen LogP contribution in [0, 0.1) is 0 Å². The van der Waals surface area contributed by atoms with Crippen LogP contribution in [-0.4, -0.2) is 13.1 Å². The number of rotatable bonds is 6. The highest BCUT2D eigenvalue weighted by Gasteiger charge is 2.03. The normalized spacial score (nSPS) is 11.4. The third-order valence-electron chi connectivity index (χ3n) is 2.67. The summed E-state index contributed by atoms with van der Waals surface area (Å²) in [5, 5.41) is 0.856. The molecule has 0 saturated heterocycles. The van der Waals surface area contributed by atoms with Crippen molar-refractivity contribution in [2.75, 3.05) is 7.11 Å². The summed E-state index contributed by atoms with van der Waals surface area (Å²) in [5.74, 6) is -0.320. The fourth-order valence-corrected chi connectivity index (χ4v) is 1.89. The van der Waals surface area contributed by atoms with Gasteiger partial charge in [0.2, 0.25) is 0 Å². The van der Waals surface area contributed by atoms with Gasteiger partial charge in [-0.05, 0) is 36.6 Å². The third-order valence-corrected chi connectivity index (χ3v) is 2.97. The predicted octanol–water partition coefficient (Wildman–Crippen LogP) is 4.63. The second kappa shape index (κ2) is 7.93. The van der Waals surface area contributed by atoms with E-state index in [9.17, 15) is 4.79 Å². The van der Waals surface area contributed by atoms with E-state index in [1.165, 1.54) is 20.0 Å². The Morgan fingerprint density at radius 2 is 1.94 bits per heavy atom. The topological polar surface area (TPSA) is 26.3 Å². The maximum absolute atomic E-state index is 11.3. The number of carbonyl (C=O) groups is 1. The molecule has 0 fully saturated rings. The van der Waals surface area contributed by atoms with E-state index < -0.39 is 0 Å². The van der Waals surface area contributed by atoms with Crippen molar-refractivity contribution in [1.29, 1.82) is 0 Å². The van der Waals surface area contributed by atoms with Crippen molar-refractivity contribution in [2.24, 2.45) is 0 Å². The van der Waals surface area contributed by atoms with E-state index >= 15 is 0 Å². The van der Waals surface area contributed by atoms with Gasteiger partial charge in [-0.3, -0.25) is 0 Å². The summed E-state index contributed by atoms with van der Waals surface area (Å²) in [6.45, 7) is 2.17. The van der Waals surface area contributed by atoms with Crippen molar-refractivity contribution in [3.8, 4) is 0 Å². The van der Waals surface area contributed by atoms with Crippen LogP contribution in [0.3, 0.4) is 0 Å². The average Bonchev–Trinajstić information content (AvgIpc) is 2.39. The zero-order chi connectivity index (χ0) is 13.4. The Hall–Kier alpha value is -1.28. The molecular formula is C15H19ClO2. The molecule has 0 atom stereocenters. The van der Waals surface area contributed by atoms with Gasteiger partial charge < -0.3 is 4.74 Å². The Balaban J connectivity index is 2.62. The summed E-state index contributed by atoms with van der Waals surface area (Å²) in [6, 6.07) is 7.23. The second-order valence-corrected chi connectivity index (χ2v) is 4.65. The highest BCUT2D eigenvalue weighted by molar-refractivity contribution is 6.31. The summed E-state index contributed by atoms with van der Waals surface area (Å²) in [7, 11) is 1.38. The zero-order valence-corrected chi connectivity index (χ0v) is 11.7. The van der Waals surface area contributed by atoms with E-state index in [2.05, 4.69) is 11.7 Å². The molecule has 1 aromatic carbocycles. The summed E-state index contributed by atoms with van der Waals surface area (Å²) in [5.41, 5.74) is 1.56. The van der Waals surface area contributed by atoms with Gasteiger partial charge in [0.05, 0.1) is 12.7 Å². The standard InChI is InChI=1S/C15H19ClO2/c1-3-4-5-6-14(16)11-12-7-9-13(10-8-12)15(17)18-2/h7-11H,3-6H2,1-2H3/b14-11-. The Bertz CT molecular complexity index is 407. The van der Waals surface area contributed by atoms with E-state index in [1.807, 2.05) is 18.2 Å². The number of halogens is 1. The van der Waals surface area contributed by atoms with Crippen LogP contribution in [0.4, 0.5) is 0 Å². The summed E-state index contributed by atoms with van der Waals surface area (Å²) >= 11 is 6.15. The van der Waals surface area contributed by atoms with Gasteiger partial charge in [-0.15, -0.1) is 0 Å². The summed E-state index contributed by atoms with van der Waals surface area (Å²) in [4.78, 5) is 11.3. The molecule has 0 amide bonds. The summed E-state index contributed by atoms with van der Waals surface area (Å²) in [6.07, 6.45) is 6.36. The van der Waals surface area contributed by atoms with Crippen molar-refractivity contribution < 1.29 is 9.53 Å². The van der Waals surface area contributed by atoms with Crippen LogP contribution in [0.2, 0.25) is 0 Å². The zero-order valence-electron chi connectivity index (χ0n) is 10.9. The maximum atomic E-state index is 11.3. The molecule has 0 unspecified atom stereocenters. The monoisotopic (exact) mass is 266 g/mol. The number of carbonyl (C=O) groups excluding carboxylic acids is 1. The molecule has 18 heavy (non-hydrogen) atoms. The molecule has 0 spiro atoms. The number of hydrogen-bond donors (Lipinski definition) is 0. The maximum Gasteiger partial charge on any atom is 0.337 e. The molecule has 1 rings (SSSR count). The van der Waals surface area contributed by atoms with Gasteiger partial charge in [-0.25, -0.2) is 4.79 Å². The molecule has 98 valence electrons. The number of methoxy groups -OCH3 is 1. The van der Waals surface area contributed by atoms with Gasteiger partial charge in [0.15, 0.2) is 0 Å². The SMILES string of the molecule is CCCCC/C(Cl)=C/c1ccc(C(=O)OC)cc1. The number of esters is 1. The molecule has 0 heterocycles. The number of benzene rings is 1. The van der Waals surface area contributed by atoms with Crippen LogP contribution in [0.25, 0.3) is 6.08 Å². The lowest BCUT2D eigenvalue weighted by atomic mass is 10.1.